The van der Waals surface area contributed by atoms with Crippen LogP contribution >= 0.6 is 0 Å². The van der Waals surface area contributed by atoms with E-state index in [-0.39, 0.29) is 17.7 Å². The van der Waals surface area contributed by atoms with E-state index in [0.29, 0.717) is 24.4 Å². The molecule has 186 valence electrons. The molecule has 0 saturated heterocycles. The second-order valence-corrected chi connectivity index (χ2v) is 16.3. The van der Waals surface area contributed by atoms with Gasteiger partial charge in [-0.3, -0.25) is 0 Å². The number of aliphatic hydroxyl groups is 1. The molecule has 33 heavy (non-hydrogen) atoms. The van der Waals surface area contributed by atoms with E-state index >= 15 is 0 Å². The predicted octanol–water partition coefficient (Wildman–Crippen LogP) is 6.74. The molecule has 2 aliphatic carbocycles. The molecule has 1 N–H and O–H groups in total. The molecule has 2 aliphatic rings. The summed E-state index contributed by atoms with van der Waals surface area (Å²) in [5.74, 6) is 2.35. The van der Waals surface area contributed by atoms with Crippen molar-refractivity contribution in [3.8, 4) is 5.75 Å². The summed E-state index contributed by atoms with van der Waals surface area (Å²) in [4.78, 5) is 0. The van der Waals surface area contributed by atoms with Gasteiger partial charge in [0.2, 0.25) is 0 Å². The summed E-state index contributed by atoms with van der Waals surface area (Å²) in [6, 6.07) is 8.08. The number of aliphatic hydroxyl groups excluding tert-OH is 1. The van der Waals surface area contributed by atoms with E-state index in [1.165, 1.54) is 24.8 Å². The van der Waals surface area contributed by atoms with Crippen LogP contribution in [0, 0.1) is 17.8 Å². The Hall–Kier alpha value is -1.14. The Labute approximate surface area is 202 Å². The Morgan fingerprint density at radius 3 is 2.42 bits per heavy atom. The van der Waals surface area contributed by atoms with Crippen LogP contribution in [0.1, 0.15) is 64.9 Å². The Morgan fingerprint density at radius 2 is 1.79 bits per heavy atom. The summed E-state index contributed by atoms with van der Waals surface area (Å²) >= 11 is 0. The second kappa shape index (κ2) is 11.5. The maximum Gasteiger partial charge on any atom is 0.192 e. The normalized spacial score (nSPS) is 25.2. The van der Waals surface area contributed by atoms with E-state index in [1.807, 2.05) is 12.1 Å². The van der Waals surface area contributed by atoms with E-state index in [4.69, 9.17) is 13.9 Å². The van der Waals surface area contributed by atoms with E-state index in [1.54, 1.807) is 12.7 Å². The van der Waals surface area contributed by atoms with Crippen LogP contribution in [0.2, 0.25) is 18.1 Å². The summed E-state index contributed by atoms with van der Waals surface area (Å²) < 4.78 is 17.8. The number of hydrogen-bond acceptors (Lipinski definition) is 4. The van der Waals surface area contributed by atoms with Crippen molar-refractivity contribution in [1.29, 1.82) is 0 Å². The van der Waals surface area contributed by atoms with Crippen molar-refractivity contribution in [2.75, 3.05) is 20.3 Å². The van der Waals surface area contributed by atoms with E-state index in [0.717, 1.165) is 31.6 Å². The minimum Gasteiger partial charge on any atom is -0.497 e. The number of unbranched alkanes of at least 4 members (excludes halogenated alkanes) is 2. The molecule has 0 bridgehead atoms. The largest absolute Gasteiger partial charge is 0.497 e. The van der Waals surface area contributed by atoms with Gasteiger partial charge < -0.3 is 19.0 Å². The van der Waals surface area contributed by atoms with E-state index < -0.39 is 8.32 Å². The fourth-order valence-corrected chi connectivity index (χ4v) is 6.53. The van der Waals surface area contributed by atoms with Crippen LogP contribution in [0.15, 0.2) is 35.9 Å². The fourth-order valence-electron chi connectivity index (χ4n) is 5.15. The number of allylic oxidation sites excluding steroid dienone is 2. The maximum atomic E-state index is 10.2. The highest BCUT2D eigenvalue weighted by Gasteiger charge is 2.49. The van der Waals surface area contributed by atoms with Crippen LogP contribution in [-0.4, -0.2) is 39.9 Å². The van der Waals surface area contributed by atoms with Crippen molar-refractivity contribution in [2.45, 2.75) is 90.1 Å². The molecule has 3 rings (SSSR count). The van der Waals surface area contributed by atoms with Crippen LogP contribution in [0.3, 0.4) is 0 Å². The average molecular weight is 475 g/mol. The molecule has 4 atom stereocenters. The van der Waals surface area contributed by atoms with Crippen molar-refractivity contribution < 1.29 is 19.0 Å². The van der Waals surface area contributed by atoms with Crippen molar-refractivity contribution in [3.63, 3.8) is 0 Å². The smallest absolute Gasteiger partial charge is 0.192 e. The minimum atomic E-state index is -1.81. The predicted molar refractivity (Wildman–Crippen MR) is 138 cm³/mol. The van der Waals surface area contributed by atoms with Crippen molar-refractivity contribution in [3.05, 3.63) is 41.5 Å². The van der Waals surface area contributed by atoms with Crippen LogP contribution < -0.4 is 4.74 Å². The summed E-state index contributed by atoms with van der Waals surface area (Å²) in [5, 5.41) is 10.4. The van der Waals surface area contributed by atoms with Crippen LogP contribution in [0.4, 0.5) is 0 Å². The molecular formula is C28H46O4Si. The maximum absolute atomic E-state index is 10.2. The minimum absolute atomic E-state index is 0.212. The van der Waals surface area contributed by atoms with Gasteiger partial charge >= 0.3 is 0 Å². The highest BCUT2D eigenvalue weighted by molar-refractivity contribution is 6.74. The molecule has 0 aromatic heterocycles. The van der Waals surface area contributed by atoms with Gasteiger partial charge in [-0.1, -0.05) is 51.0 Å². The summed E-state index contributed by atoms with van der Waals surface area (Å²) in [6.07, 6.45) is 9.73. The van der Waals surface area contributed by atoms with Gasteiger partial charge in [0.25, 0.3) is 0 Å². The Kier molecular flexibility index (Phi) is 9.24. The van der Waals surface area contributed by atoms with Gasteiger partial charge in [0, 0.05) is 19.1 Å². The van der Waals surface area contributed by atoms with Crippen LogP contribution in [0.25, 0.3) is 0 Å². The molecule has 0 aliphatic heterocycles. The van der Waals surface area contributed by atoms with Gasteiger partial charge in [-0.05, 0) is 79.8 Å². The first-order valence-corrected chi connectivity index (χ1v) is 15.7. The SMILES string of the molecule is COc1ccc(COCCCCCC2=C[C@H]3C[C@@H](O[Si](C)(C)C(C)(C)C)[C@H](CO)[C@H]3C2)cc1. The van der Waals surface area contributed by atoms with Gasteiger partial charge in [0.15, 0.2) is 8.32 Å². The third-order valence-corrected chi connectivity index (χ3v) is 12.7. The topological polar surface area (TPSA) is 47.9 Å². The van der Waals surface area contributed by atoms with Crippen molar-refractivity contribution in [2.24, 2.45) is 17.8 Å². The summed E-state index contributed by atoms with van der Waals surface area (Å²) in [7, 11) is -0.119. The standard InChI is InChI=1S/C28H46O4Si/c1-28(2,3)33(5,6)32-27-18-23-16-22(17-25(23)26(27)19-29)10-8-7-9-15-31-20-21-11-13-24(30-4)14-12-21/h11-14,16,23,25-27,29H,7-10,15,17-20H2,1-6H3/t23-,25-,26+,27+/m0/s1. The Morgan fingerprint density at radius 1 is 1.06 bits per heavy atom. The van der Waals surface area contributed by atoms with Crippen molar-refractivity contribution >= 4 is 8.32 Å². The number of benzene rings is 1. The zero-order valence-corrected chi connectivity index (χ0v) is 22.7. The number of rotatable bonds is 12. The molecule has 5 heteroatoms. The van der Waals surface area contributed by atoms with Gasteiger partial charge in [-0.15, -0.1) is 0 Å². The number of hydrogen-bond donors (Lipinski definition) is 1. The first-order chi connectivity index (χ1) is 15.6. The van der Waals surface area contributed by atoms with Gasteiger partial charge in [0.05, 0.1) is 19.8 Å². The highest BCUT2D eigenvalue weighted by Crippen LogP contribution is 2.50. The van der Waals surface area contributed by atoms with Gasteiger partial charge in [-0.25, -0.2) is 0 Å². The van der Waals surface area contributed by atoms with Crippen LogP contribution in [-0.2, 0) is 15.8 Å². The zero-order valence-electron chi connectivity index (χ0n) is 21.7. The number of ether oxygens (including phenoxy) is 2. The first-order valence-electron chi connectivity index (χ1n) is 12.8. The molecule has 4 nitrogen and oxygen atoms in total. The van der Waals surface area contributed by atoms with E-state index in [2.05, 4.69) is 52.1 Å². The summed E-state index contributed by atoms with van der Waals surface area (Å²) in [5.41, 5.74) is 2.79. The lowest BCUT2D eigenvalue weighted by molar-refractivity contribution is 0.0791. The van der Waals surface area contributed by atoms with E-state index in [9.17, 15) is 5.11 Å². The van der Waals surface area contributed by atoms with Gasteiger partial charge in [0.1, 0.15) is 5.75 Å². The fraction of sp³-hybridized carbons (Fsp3) is 0.714. The Balaban J connectivity index is 1.35. The highest BCUT2D eigenvalue weighted by atomic mass is 28.4. The molecule has 1 aromatic carbocycles. The lowest BCUT2D eigenvalue weighted by atomic mass is 9.90. The lowest BCUT2D eigenvalue weighted by Crippen LogP contribution is -2.45. The summed E-state index contributed by atoms with van der Waals surface area (Å²) in [6.45, 7) is 13.3. The number of methoxy groups -OCH3 is 1. The Bertz CT molecular complexity index is 765. The molecule has 0 unspecified atom stereocenters. The third-order valence-electron chi connectivity index (χ3n) is 8.21. The molecular weight excluding hydrogens is 428 g/mol. The third kappa shape index (κ3) is 6.94. The molecule has 1 aromatic rings. The number of fused-ring (bicyclic) bond motifs is 1. The lowest BCUT2D eigenvalue weighted by Gasteiger charge is -2.40. The second-order valence-electron chi connectivity index (χ2n) is 11.6. The molecule has 1 saturated carbocycles. The molecule has 0 spiro atoms. The molecule has 0 amide bonds. The average Bonchev–Trinajstić information content (AvgIpc) is 3.28. The molecule has 0 heterocycles. The first kappa shape index (κ1) is 26.5. The monoisotopic (exact) mass is 474 g/mol. The van der Waals surface area contributed by atoms with Crippen LogP contribution in [0.5, 0.6) is 5.75 Å². The molecule has 0 radical (unpaired) electrons. The quantitative estimate of drug-likeness (QED) is 0.207. The van der Waals surface area contributed by atoms with Gasteiger partial charge in [-0.2, -0.15) is 0 Å². The molecule has 1 fully saturated rings. The van der Waals surface area contributed by atoms with Crippen molar-refractivity contribution in [1.82, 2.24) is 0 Å². The zero-order chi connectivity index (χ0) is 24.1.